The van der Waals surface area contributed by atoms with E-state index in [1.165, 1.54) is 12.1 Å². The predicted octanol–water partition coefficient (Wildman–Crippen LogP) is 3.08. The molecule has 1 amide bonds. The molecule has 1 heterocycles. The molecule has 0 radical (unpaired) electrons. The zero-order valence-electron chi connectivity index (χ0n) is 10.6. The topological polar surface area (TPSA) is 67.2 Å². The van der Waals surface area contributed by atoms with Gasteiger partial charge in [-0.15, -0.1) is 0 Å². The number of amides is 1. The van der Waals surface area contributed by atoms with E-state index in [0.717, 1.165) is 0 Å². The van der Waals surface area contributed by atoms with E-state index >= 15 is 0 Å². The van der Waals surface area contributed by atoms with E-state index in [2.05, 4.69) is 10.4 Å². The first kappa shape index (κ1) is 13.4. The van der Waals surface area contributed by atoms with Gasteiger partial charge in [-0.1, -0.05) is 11.6 Å². The number of aromatic nitrogens is 2. The Morgan fingerprint density at radius 3 is 2.79 bits per heavy atom. The van der Waals surface area contributed by atoms with E-state index in [-0.39, 0.29) is 17.4 Å². The number of carbonyl (C=O) groups is 1. The number of nitrogens with zero attached hydrogens (tertiary/aromatic N) is 2. The maximum atomic E-state index is 12.1. The van der Waals surface area contributed by atoms with Gasteiger partial charge in [0.25, 0.3) is 5.91 Å². The Labute approximate surface area is 115 Å². The number of aromatic hydroxyl groups is 1. The molecule has 1 aromatic heterocycles. The minimum atomic E-state index is -0.406. The van der Waals surface area contributed by atoms with Gasteiger partial charge in [-0.25, -0.2) is 4.68 Å². The highest BCUT2D eigenvalue weighted by atomic mass is 35.5. The molecule has 2 rings (SSSR count). The number of hydrogen-bond acceptors (Lipinski definition) is 3. The molecule has 6 heteroatoms. The van der Waals surface area contributed by atoms with Gasteiger partial charge in [0.15, 0.2) is 0 Å². The third-order valence-corrected chi connectivity index (χ3v) is 2.84. The maximum Gasteiger partial charge on any atom is 0.260 e. The van der Waals surface area contributed by atoms with Crippen LogP contribution in [0.25, 0.3) is 0 Å². The largest absolute Gasteiger partial charge is 0.507 e. The van der Waals surface area contributed by atoms with Crippen LogP contribution in [-0.4, -0.2) is 20.8 Å². The summed E-state index contributed by atoms with van der Waals surface area (Å²) in [5.41, 5.74) is 0.168. The van der Waals surface area contributed by atoms with Gasteiger partial charge < -0.3 is 10.4 Å². The smallest absolute Gasteiger partial charge is 0.260 e. The molecule has 2 N–H and O–H groups in total. The molecule has 100 valence electrons. The first-order valence-electron chi connectivity index (χ1n) is 5.82. The molecule has 1 aromatic carbocycles. The molecule has 0 bridgehead atoms. The second-order valence-electron chi connectivity index (χ2n) is 4.37. The Morgan fingerprint density at radius 1 is 1.42 bits per heavy atom. The molecule has 0 aliphatic heterocycles. The molecule has 0 aliphatic rings. The van der Waals surface area contributed by atoms with Gasteiger partial charge in [-0.3, -0.25) is 4.79 Å². The SMILES string of the molecule is CC(C)n1nccc1NC(=O)c1ccc(Cl)cc1O. The van der Waals surface area contributed by atoms with Crippen LogP contribution in [0.1, 0.15) is 30.2 Å². The fourth-order valence-electron chi connectivity index (χ4n) is 1.71. The monoisotopic (exact) mass is 279 g/mol. The number of hydrogen-bond donors (Lipinski definition) is 2. The van der Waals surface area contributed by atoms with Gasteiger partial charge >= 0.3 is 0 Å². The van der Waals surface area contributed by atoms with Crippen LogP contribution >= 0.6 is 11.6 Å². The summed E-state index contributed by atoms with van der Waals surface area (Å²) in [5, 5.41) is 16.9. The van der Waals surface area contributed by atoms with E-state index in [1.807, 2.05) is 13.8 Å². The molecule has 0 atom stereocenters. The van der Waals surface area contributed by atoms with Gasteiger partial charge in [0.2, 0.25) is 0 Å². The van der Waals surface area contributed by atoms with Crippen molar-refractivity contribution in [2.24, 2.45) is 0 Å². The van der Waals surface area contributed by atoms with E-state index < -0.39 is 5.91 Å². The standard InChI is InChI=1S/C13H14ClN3O2/c1-8(2)17-12(5-6-15-17)16-13(19)10-4-3-9(14)7-11(10)18/h3-8,18H,1-2H3,(H,16,19). The molecule has 0 saturated heterocycles. The average Bonchev–Trinajstić information content (AvgIpc) is 2.76. The van der Waals surface area contributed by atoms with Crippen LogP contribution in [-0.2, 0) is 0 Å². The van der Waals surface area contributed by atoms with Gasteiger partial charge in [-0.05, 0) is 32.0 Å². The van der Waals surface area contributed by atoms with Crippen molar-refractivity contribution in [2.45, 2.75) is 19.9 Å². The van der Waals surface area contributed by atoms with Crippen molar-refractivity contribution >= 4 is 23.3 Å². The fourth-order valence-corrected chi connectivity index (χ4v) is 1.87. The quantitative estimate of drug-likeness (QED) is 0.907. The van der Waals surface area contributed by atoms with Crippen molar-refractivity contribution in [2.75, 3.05) is 5.32 Å². The van der Waals surface area contributed by atoms with E-state index in [9.17, 15) is 9.90 Å². The molecule has 5 nitrogen and oxygen atoms in total. The second kappa shape index (κ2) is 5.32. The Hall–Kier alpha value is -2.01. The van der Waals surface area contributed by atoms with Gasteiger partial charge in [0, 0.05) is 17.1 Å². The maximum absolute atomic E-state index is 12.1. The second-order valence-corrected chi connectivity index (χ2v) is 4.81. The first-order valence-corrected chi connectivity index (χ1v) is 6.20. The lowest BCUT2D eigenvalue weighted by atomic mass is 10.2. The number of carbonyl (C=O) groups excluding carboxylic acids is 1. The van der Waals surface area contributed by atoms with Crippen molar-refractivity contribution in [3.8, 4) is 5.75 Å². The first-order chi connectivity index (χ1) is 8.99. The molecule has 0 aliphatic carbocycles. The highest BCUT2D eigenvalue weighted by Crippen LogP contribution is 2.23. The Kier molecular flexibility index (Phi) is 3.76. The summed E-state index contributed by atoms with van der Waals surface area (Å²) in [6.07, 6.45) is 1.61. The molecule has 0 spiro atoms. The number of halogens is 1. The summed E-state index contributed by atoms with van der Waals surface area (Å²) < 4.78 is 1.69. The molecule has 19 heavy (non-hydrogen) atoms. The third kappa shape index (κ3) is 2.88. The van der Waals surface area contributed by atoms with Crippen LogP contribution < -0.4 is 5.32 Å². The molecular formula is C13H14ClN3O2. The number of benzene rings is 1. The number of nitrogens with one attached hydrogen (secondary N) is 1. The van der Waals surface area contributed by atoms with Crippen molar-refractivity contribution in [3.05, 3.63) is 41.0 Å². The van der Waals surface area contributed by atoms with Gasteiger partial charge in [-0.2, -0.15) is 5.10 Å². The zero-order chi connectivity index (χ0) is 14.0. The number of anilines is 1. The van der Waals surface area contributed by atoms with E-state index in [1.54, 1.807) is 23.0 Å². The van der Waals surface area contributed by atoms with Crippen LogP contribution in [0.3, 0.4) is 0 Å². The van der Waals surface area contributed by atoms with Crippen molar-refractivity contribution in [1.29, 1.82) is 0 Å². The van der Waals surface area contributed by atoms with Crippen LogP contribution in [0.15, 0.2) is 30.5 Å². The summed E-state index contributed by atoms with van der Waals surface area (Å²) >= 11 is 5.73. The lowest BCUT2D eigenvalue weighted by Gasteiger charge is -2.12. The third-order valence-electron chi connectivity index (χ3n) is 2.61. The number of phenols is 1. The highest BCUT2D eigenvalue weighted by molar-refractivity contribution is 6.30. The highest BCUT2D eigenvalue weighted by Gasteiger charge is 2.14. The molecule has 2 aromatic rings. The molecular weight excluding hydrogens is 266 g/mol. The lowest BCUT2D eigenvalue weighted by Crippen LogP contribution is -2.16. The summed E-state index contributed by atoms with van der Waals surface area (Å²) in [4.78, 5) is 12.1. The number of rotatable bonds is 3. The minimum absolute atomic E-state index is 0.129. The van der Waals surface area contributed by atoms with E-state index in [4.69, 9.17) is 11.6 Å². The summed E-state index contributed by atoms with van der Waals surface area (Å²) in [5.74, 6) is 0.0199. The Balaban J connectivity index is 2.23. The summed E-state index contributed by atoms with van der Waals surface area (Å²) in [6, 6.07) is 6.18. The summed E-state index contributed by atoms with van der Waals surface area (Å²) in [7, 11) is 0. The predicted molar refractivity (Wildman–Crippen MR) is 73.7 cm³/mol. The molecule has 0 fully saturated rings. The van der Waals surface area contributed by atoms with Crippen molar-refractivity contribution < 1.29 is 9.90 Å². The van der Waals surface area contributed by atoms with Crippen LogP contribution in [0.2, 0.25) is 5.02 Å². The average molecular weight is 280 g/mol. The van der Waals surface area contributed by atoms with E-state index in [0.29, 0.717) is 10.8 Å². The fraction of sp³-hybridized carbons (Fsp3) is 0.231. The Bertz CT molecular complexity index is 608. The van der Waals surface area contributed by atoms with Crippen molar-refractivity contribution in [3.63, 3.8) is 0 Å². The van der Waals surface area contributed by atoms with Gasteiger partial charge in [0.05, 0.1) is 11.8 Å². The summed E-state index contributed by atoms with van der Waals surface area (Å²) in [6.45, 7) is 3.92. The van der Waals surface area contributed by atoms with Gasteiger partial charge in [0.1, 0.15) is 11.6 Å². The molecule has 0 saturated carbocycles. The number of phenolic OH excluding ortho intramolecular Hbond substituents is 1. The normalized spacial score (nSPS) is 10.7. The van der Waals surface area contributed by atoms with Crippen LogP contribution in [0, 0.1) is 0 Å². The van der Waals surface area contributed by atoms with Crippen LogP contribution in [0.5, 0.6) is 5.75 Å². The zero-order valence-corrected chi connectivity index (χ0v) is 11.3. The lowest BCUT2D eigenvalue weighted by molar-refractivity contribution is 0.102. The Morgan fingerprint density at radius 2 is 2.16 bits per heavy atom. The minimum Gasteiger partial charge on any atom is -0.507 e. The van der Waals surface area contributed by atoms with Crippen LogP contribution in [0.4, 0.5) is 5.82 Å². The van der Waals surface area contributed by atoms with Crippen molar-refractivity contribution in [1.82, 2.24) is 9.78 Å². The molecule has 0 unspecified atom stereocenters.